The van der Waals surface area contributed by atoms with E-state index in [-0.39, 0.29) is 23.6 Å². The topological polar surface area (TPSA) is 46.5 Å². The largest absolute Gasteiger partial charge is 0.458 e. The maximum absolute atomic E-state index is 12.4. The van der Waals surface area contributed by atoms with Crippen molar-refractivity contribution in [1.29, 1.82) is 0 Å². The Morgan fingerprint density at radius 3 is 2.86 bits per heavy atom. The average molecular weight is 298 g/mol. The first-order valence-electron chi connectivity index (χ1n) is 8.32. The van der Waals surface area contributed by atoms with Gasteiger partial charge in [0.05, 0.1) is 11.7 Å². The number of aliphatic hydroxyl groups is 1. The SMILES string of the molecule is O=C(O[C@H]1CCC[C@H]2C[C@H]3C[C@]21C=C[C@@H]3O)c1ccccc1. The van der Waals surface area contributed by atoms with Crippen LogP contribution in [-0.4, -0.2) is 23.3 Å². The van der Waals surface area contributed by atoms with Gasteiger partial charge in [-0.05, 0) is 56.1 Å². The molecule has 22 heavy (non-hydrogen) atoms. The number of carbonyl (C=O) groups is 1. The van der Waals surface area contributed by atoms with E-state index >= 15 is 0 Å². The third kappa shape index (κ3) is 2.11. The molecule has 2 fully saturated rings. The molecule has 1 N–H and O–H groups in total. The smallest absolute Gasteiger partial charge is 0.338 e. The van der Waals surface area contributed by atoms with Crippen LogP contribution in [0.1, 0.15) is 42.5 Å². The van der Waals surface area contributed by atoms with Crippen molar-refractivity contribution < 1.29 is 14.6 Å². The number of ether oxygens (including phenoxy) is 1. The Bertz CT molecular complexity index is 594. The molecule has 3 aliphatic rings. The van der Waals surface area contributed by atoms with E-state index in [0.29, 0.717) is 17.4 Å². The van der Waals surface area contributed by atoms with Crippen molar-refractivity contribution in [3.05, 3.63) is 48.0 Å². The molecule has 2 saturated carbocycles. The van der Waals surface area contributed by atoms with Gasteiger partial charge in [-0.3, -0.25) is 0 Å². The molecule has 3 nitrogen and oxygen atoms in total. The van der Waals surface area contributed by atoms with Crippen LogP contribution < -0.4 is 0 Å². The minimum absolute atomic E-state index is 0.0351. The van der Waals surface area contributed by atoms with Crippen LogP contribution in [0.3, 0.4) is 0 Å². The summed E-state index contributed by atoms with van der Waals surface area (Å²) < 4.78 is 5.93. The van der Waals surface area contributed by atoms with Crippen LogP contribution in [-0.2, 0) is 4.74 Å². The van der Waals surface area contributed by atoms with Crippen LogP contribution in [0.4, 0.5) is 0 Å². The molecule has 0 radical (unpaired) electrons. The summed E-state index contributed by atoms with van der Waals surface area (Å²) in [5.74, 6) is 0.669. The molecule has 0 amide bonds. The fourth-order valence-corrected chi connectivity index (χ4v) is 4.83. The summed E-state index contributed by atoms with van der Waals surface area (Å²) in [6.45, 7) is 0. The Morgan fingerprint density at radius 2 is 2.05 bits per heavy atom. The number of fused-ring (bicyclic) bond motifs is 1. The van der Waals surface area contributed by atoms with Crippen molar-refractivity contribution in [2.45, 2.75) is 44.3 Å². The standard InChI is InChI=1S/C19H22O3/c20-16-9-10-19-12-14(16)11-15(19)7-4-8-17(19)22-18(21)13-5-2-1-3-6-13/h1-3,5-6,9-10,14-17,20H,4,7-8,11-12H2/t14-,15-,16-,17-,19+/m0/s1. The molecule has 1 aromatic carbocycles. The molecule has 5 atom stereocenters. The van der Waals surface area contributed by atoms with Gasteiger partial charge in [0, 0.05) is 5.41 Å². The van der Waals surface area contributed by atoms with Gasteiger partial charge in [-0.15, -0.1) is 0 Å². The van der Waals surface area contributed by atoms with Crippen molar-refractivity contribution in [3.63, 3.8) is 0 Å². The Morgan fingerprint density at radius 1 is 1.23 bits per heavy atom. The molecule has 116 valence electrons. The minimum atomic E-state index is -0.318. The van der Waals surface area contributed by atoms with E-state index in [1.165, 1.54) is 6.42 Å². The lowest BCUT2D eigenvalue weighted by Gasteiger charge is -2.44. The molecular formula is C19H22O3. The zero-order chi connectivity index (χ0) is 15.2. The zero-order valence-corrected chi connectivity index (χ0v) is 12.7. The summed E-state index contributed by atoms with van der Waals surface area (Å²) >= 11 is 0. The number of rotatable bonds is 2. The Hall–Kier alpha value is -1.61. The van der Waals surface area contributed by atoms with Crippen LogP contribution >= 0.6 is 0 Å². The number of benzene rings is 1. The quantitative estimate of drug-likeness (QED) is 0.673. The lowest BCUT2D eigenvalue weighted by Crippen LogP contribution is -2.44. The second kappa shape index (κ2) is 5.24. The lowest BCUT2D eigenvalue weighted by atomic mass is 9.65. The highest BCUT2D eigenvalue weighted by atomic mass is 16.5. The summed E-state index contributed by atoms with van der Waals surface area (Å²) in [6, 6.07) is 9.23. The molecule has 1 aromatic rings. The first-order chi connectivity index (χ1) is 10.7. The molecule has 3 aliphatic carbocycles. The Labute approximate surface area is 131 Å². The van der Waals surface area contributed by atoms with Gasteiger partial charge in [0.25, 0.3) is 0 Å². The highest BCUT2D eigenvalue weighted by Crippen LogP contribution is 2.59. The van der Waals surface area contributed by atoms with E-state index in [2.05, 4.69) is 6.08 Å². The number of hydrogen-bond acceptors (Lipinski definition) is 3. The second-order valence-electron chi connectivity index (χ2n) is 7.05. The summed E-state index contributed by atoms with van der Waals surface area (Å²) in [5, 5.41) is 10.1. The van der Waals surface area contributed by atoms with E-state index in [9.17, 15) is 9.90 Å². The molecule has 0 heterocycles. The summed E-state index contributed by atoms with van der Waals surface area (Å²) in [7, 11) is 0. The molecule has 1 spiro atoms. The summed E-state index contributed by atoms with van der Waals surface area (Å²) in [6.07, 6.45) is 8.98. The first kappa shape index (κ1) is 14.0. The monoisotopic (exact) mass is 298 g/mol. The molecular weight excluding hydrogens is 276 g/mol. The van der Waals surface area contributed by atoms with E-state index in [4.69, 9.17) is 4.74 Å². The number of carbonyl (C=O) groups excluding carboxylic acids is 1. The highest BCUT2D eigenvalue weighted by Gasteiger charge is 2.56. The molecule has 0 saturated heterocycles. The van der Waals surface area contributed by atoms with Gasteiger partial charge < -0.3 is 9.84 Å². The fourth-order valence-electron chi connectivity index (χ4n) is 4.83. The van der Waals surface area contributed by atoms with Gasteiger partial charge in [-0.1, -0.05) is 30.4 Å². The maximum atomic E-state index is 12.4. The first-order valence-corrected chi connectivity index (χ1v) is 8.32. The summed E-state index contributed by atoms with van der Waals surface area (Å²) in [4.78, 5) is 12.4. The number of esters is 1. The molecule has 0 unspecified atom stereocenters. The molecule has 3 heteroatoms. The fraction of sp³-hybridized carbons (Fsp3) is 0.526. The Kier molecular flexibility index (Phi) is 3.33. The predicted octanol–water partition coefficient (Wildman–Crippen LogP) is 3.34. The van der Waals surface area contributed by atoms with Crippen LogP contribution in [0.5, 0.6) is 0 Å². The second-order valence-corrected chi connectivity index (χ2v) is 7.05. The maximum Gasteiger partial charge on any atom is 0.338 e. The molecule has 0 aromatic heterocycles. The van der Waals surface area contributed by atoms with Crippen molar-refractivity contribution in [2.24, 2.45) is 17.3 Å². The third-order valence-electron chi connectivity index (χ3n) is 5.93. The molecule has 2 bridgehead atoms. The highest BCUT2D eigenvalue weighted by molar-refractivity contribution is 5.89. The van der Waals surface area contributed by atoms with Gasteiger partial charge in [-0.2, -0.15) is 0 Å². The van der Waals surface area contributed by atoms with Crippen molar-refractivity contribution >= 4 is 5.97 Å². The third-order valence-corrected chi connectivity index (χ3v) is 5.93. The lowest BCUT2D eigenvalue weighted by molar-refractivity contribution is -0.0393. The van der Waals surface area contributed by atoms with Gasteiger partial charge >= 0.3 is 5.97 Å². The molecule has 4 rings (SSSR count). The Balaban J connectivity index is 1.59. The van der Waals surface area contributed by atoms with Gasteiger partial charge in [-0.25, -0.2) is 4.79 Å². The van der Waals surface area contributed by atoms with Crippen LogP contribution in [0, 0.1) is 17.3 Å². The number of aliphatic hydroxyl groups excluding tert-OH is 1. The van der Waals surface area contributed by atoms with Crippen LogP contribution in [0.2, 0.25) is 0 Å². The molecule has 0 aliphatic heterocycles. The van der Waals surface area contributed by atoms with Gasteiger partial charge in [0.1, 0.15) is 6.10 Å². The van der Waals surface area contributed by atoms with Crippen molar-refractivity contribution in [2.75, 3.05) is 0 Å². The normalized spacial score (nSPS) is 39.3. The van der Waals surface area contributed by atoms with Crippen LogP contribution in [0.25, 0.3) is 0 Å². The van der Waals surface area contributed by atoms with Crippen LogP contribution in [0.15, 0.2) is 42.5 Å². The van der Waals surface area contributed by atoms with Crippen molar-refractivity contribution in [1.82, 2.24) is 0 Å². The predicted molar refractivity (Wildman–Crippen MR) is 83.3 cm³/mol. The van der Waals surface area contributed by atoms with Crippen molar-refractivity contribution in [3.8, 4) is 0 Å². The van der Waals surface area contributed by atoms with E-state index in [0.717, 1.165) is 25.7 Å². The van der Waals surface area contributed by atoms with E-state index in [1.807, 2.05) is 24.3 Å². The summed E-state index contributed by atoms with van der Waals surface area (Å²) in [5.41, 5.74) is 0.586. The average Bonchev–Trinajstić information content (AvgIpc) is 2.88. The van der Waals surface area contributed by atoms with Gasteiger partial charge in [0.15, 0.2) is 0 Å². The van der Waals surface area contributed by atoms with Gasteiger partial charge in [0.2, 0.25) is 0 Å². The number of hydrogen-bond donors (Lipinski definition) is 1. The van der Waals surface area contributed by atoms with E-state index in [1.54, 1.807) is 12.1 Å². The van der Waals surface area contributed by atoms with E-state index < -0.39 is 0 Å². The zero-order valence-electron chi connectivity index (χ0n) is 12.7. The minimum Gasteiger partial charge on any atom is -0.458 e.